The molecule has 1 saturated heterocycles. The van der Waals surface area contributed by atoms with E-state index in [0.29, 0.717) is 26.2 Å². The maximum absolute atomic E-state index is 13.0. The molecule has 6 N–H and O–H groups in total. The van der Waals surface area contributed by atoms with Crippen LogP contribution in [0.2, 0.25) is 0 Å². The van der Waals surface area contributed by atoms with E-state index in [4.69, 9.17) is 25.1 Å². The molecule has 1 fully saturated rings. The number of carboxylic acid groups (broad SMARTS) is 1. The Hall–Kier alpha value is -1.63. The SMILES string of the molecule is CCC(C)(C)NCCOCCOCC(=O)C(C)(CC)N[C@H](CNC1OC1CC(C)(C)CCC(C)(C)CC(=O)O)C(N)=O. The van der Waals surface area contributed by atoms with E-state index in [-0.39, 0.29) is 54.1 Å². The summed E-state index contributed by atoms with van der Waals surface area (Å²) >= 11 is 0. The number of ether oxygens (including phenoxy) is 3. The number of carbonyl (C=O) groups excluding carboxylic acids is 2. The third kappa shape index (κ3) is 15.2. The monoisotopic (exact) mass is 600 g/mol. The number of hydrogen-bond acceptors (Lipinski definition) is 9. The van der Waals surface area contributed by atoms with Gasteiger partial charge in [0.1, 0.15) is 12.8 Å². The Morgan fingerprint density at radius 1 is 0.929 bits per heavy atom. The predicted octanol–water partition coefficient (Wildman–Crippen LogP) is 2.99. The zero-order valence-electron chi connectivity index (χ0n) is 27.7. The smallest absolute Gasteiger partial charge is 0.303 e. The van der Waals surface area contributed by atoms with Crippen molar-refractivity contribution in [2.75, 3.05) is 39.5 Å². The van der Waals surface area contributed by atoms with Crippen molar-refractivity contribution < 1.29 is 33.7 Å². The fourth-order valence-corrected chi connectivity index (χ4v) is 4.65. The fraction of sp³-hybridized carbons (Fsp3) is 0.903. The highest BCUT2D eigenvalue weighted by atomic mass is 16.6. The topological polar surface area (TPSA) is 165 Å². The van der Waals surface area contributed by atoms with Gasteiger partial charge in [0.2, 0.25) is 5.91 Å². The van der Waals surface area contributed by atoms with Crippen molar-refractivity contribution in [3.8, 4) is 0 Å². The molecule has 11 heteroatoms. The van der Waals surface area contributed by atoms with E-state index < -0.39 is 23.5 Å². The summed E-state index contributed by atoms with van der Waals surface area (Å²) in [4.78, 5) is 36.4. The molecular formula is C31H60N4O7. The van der Waals surface area contributed by atoms with Crippen LogP contribution in [0.5, 0.6) is 0 Å². The van der Waals surface area contributed by atoms with E-state index in [9.17, 15) is 14.4 Å². The summed E-state index contributed by atoms with van der Waals surface area (Å²) in [5.41, 5.74) is 4.49. The molecule has 0 aromatic heterocycles. The lowest BCUT2D eigenvalue weighted by atomic mass is 9.75. The fourth-order valence-electron chi connectivity index (χ4n) is 4.65. The summed E-state index contributed by atoms with van der Waals surface area (Å²) in [6.45, 7) is 20.5. The molecule has 1 amide bonds. The lowest BCUT2D eigenvalue weighted by Gasteiger charge is -2.32. The second kappa shape index (κ2) is 17.0. The van der Waals surface area contributed by atoms with Gasteiger partial charge in [-0.3, -0.25) is 25.0 Å². The Balaban J connectivity index is 2.44. The van der Waals surface area contributed by atoms with Gasteiger partial charge in [-0.2, -0.15) is 0 Å². The van der Waals surface area contributed by atoms with Crippen molar-refractivity contribution in [2.24, 2.45) is 16.6 Å². The Bertz CT molecular complexity index is 864. The number of nitrogens with two attached hydrogens (primary N) is 1. The van der Waals surface area contributed by atoms with Crippen LogP contribution in [0.25, 0.3) is 0 Å². The van der Waals surface area contributed by atoms with Crippen molar-refractivity contribution >= 4 is 17.7 Å². The number of Topliss-reactive ketones (excluding diaryl/α,β-unsaturated/α-hetero) is 1. The second-order valence-electron chi connectivity index (χ2n) is 14.1. The Morgan fingerprint density at radius 2 is 1.55 bits per heavy atom. The number of rotatable bonds is 25. The number of aliphatic carboxylic acids is 1. The minimum atomic E-state index is -0.980. The second-order valence-corrected chi connectivity index (χ2v) is 14.1. The molecule has 1 rings (SSSR count). The van der Waals surface area contributed by atoms with Crippen LogP contribution in [0.3, 0.4) is 0 Å². The summed E-state index contributed by atoms with van der Waals surface area (Å²) in [5, 5.41) is 19.0. The van der Waals surface area contributed by atoms with Gasteiger partial charge in [-0.05, 0) is 63.7 Å². The maximum Gasteiger partial charge on any atom is 0.303 e. The van der Waals surface area contributed by atoms with E-state index in [1.54, 1.807) is 6.92 Å². The molecule has 0 aromatic carbocycles. The summed E-state index contributed by atoms with van der Waals surface area (Å²) in [6.07, 6.45) is 3.93. The van der Waals surface area contributed by atoms with Gasteiger partial charge < -0.3 is 30.4 Å². The number of ketones is 1. The van der Waals surface area contributed by atoms with Crippen molar-refractivity contribution in [1.29, 1.82) is 0 Å². The first kappa shape index (κ1) is 38.4. The third-order valence-electron chi connectivity index (χ3n) is 8.47. The summed E-state index contributed by atoms with van der Waals surface area (Å²) in [7, 11) is 0. The quantitative estimate of drug-likeness (QED) is 0.0777. The van der Waals surface area contributed by atoms with Crippen molar-refractivity contribution in [3.63, 3.8) is 0 Å². The lowest BCUT2D eigenvalue weighted by Crippen LogP contribution is -2.60. The lowest BCUT2D eigenvalue weighted by molar-refractivity contribution is -0.139. The number of hydrogen-bond donors (Lipinski definition) is 5. The van der Waals surface area contributed by atoms with E-state index >= 15 is 0 Å². The predicted molar refractivity (Wildman–Crippen MR) is 164 cm³/mol. The van der Waals surface area contributed by atoms with E-state index in [1.807, 2.05) is 20.8 Å². The number of carbonyl (C=O) groups is 3. The van der Waals surface area contributed by atoms with Gasteiger partial charge in [0.25, 0.3) is 0 Å². The molecule has 1 aliphatic heterocycles. The average molecular weight is 601 g/mol. The maximum atomic E-state index is 13.0. The van der Waals surface area contributed by atoms with Crippen LogP contribution >= 0.6 is 0 Å². The molecule has 0 radical (unpaired) electrons. The van der Waals surface area contributed by atoms with Gasteiger partial charge >= 0.3 is 5.97 Å². The van der Waals surface area contributed by atoms with E-state index in [1.165, 1.54) is 0 Å². The van der Waals surface area contributed by atoms with Gasteiger partial charge in [-0.15, -0.1) is 0 Å². The highest BCUT2D eigenvalue weighted by Crippen LogP contribution is 2.40. The van der Waals surface area contributed by atoms with E-state index in [2.05, 4.69) is 50.6 Å². The summed E-state index contributed by atoms with van der Waals surface area (Å²) < 4.78 is 17.0. The number of primary amides is 1. The summed E-state index contributed by atoms with van der Waals surface area (Å²) in [6, 6.07) is -0.767. The Labute approximate surface area is 253 Å². The normalized spacial score (nSPS) is 19.7. The first-order valence-electron chi connectivity index (χ1n) is 15.5. The first-order chi connectivity index (χ1) is 19.4. The van der Waals surface area contributed by atoms with Crippen LogP contribution in [0.15, 0.2) is 0 Å². The van der Waals surface area contributed by atoms with Crippen molar-refractivity contribution in [1.82, 2.24) is 16.0 Å². The molecule has 0 bridgehead atoms. The Kier molecular flexibility index (Phi) is 15.6. The zero-order valence-corrected chi connectivity index (χ0v) is 27.7. The van der Waals surface area contributed by atoms with Gasteiger partial charge in [-0.25, -0.2) is 0 Å². The van der Waals surface area contributed by atoms with Gasteiger partial charge in [0, 0.05) is 18.6 Å². The zero-order chi connectivity index (χ0) is 32.2. The largest absolute Gasteiger partial charge is 0.481 e. The molecule has 0 saturated carbocycles. The Morgan fingerprint density at radius 3 is 2.12 bits per heavy atom. The molecule has 0 aromatic rings. The van der Waals surface area contributed by atoms with E-state index in [0.717, 1.165) is 32.2 Å². The number of carboxylic acids is 1. The molecule has 11 nitrogen and oxygen atoms in total. The molecule has 3 unspecified atom stereocenters. The highest BCUT2D eigenvalue weighted by Gasteiger charge is 2.43. The van der Waals surface area contributed by atoms with Crippen LogP contribution in [-0.2, 0) is 28.6 Å². The number of epoxide rings is 1. The molecular weight excluding hydrogens is 540 g/mol. The minimum absolute atomic E-state index is 0.000150. The molecule has 4 atom stereocenters. The number of amides is 1. The van der Waals surface area contributed by atoms with Crippen LogP contribution in [0, 0.1) is 10.8 Å². The molecule has 1 aliphatic rings. The number of nitrogens with one attached hydrogen (secondary N) is 3. The van der Waals surface area contributed by atoms with Gasteiger partial charge in [-0.1, -0.05) is 41.5 Å². The first-order valence-corrected chi connectivity index (χ1v) is 15.5. The molecule has 0 spiro atoms. The van der Waals surface area contributed by atoms with Crippen LogP contribution in [0.1, 0.15) is 101 Å². The van der Waals surface area contributed by atoms with Crippen LogP contribution in [0.4, 0.5) is 0 Å². The summed E-state index contributed by atoms with van der Waals surface area (Å²) in [5.74, 6) is -1.49. The van der Waals surface area contributed by atoms with Crippen molar-refractivity contribution in [2.45, 2.75) is 130 Å². The van der Waals surface area contributed by atoms with Gasteiger partial charge in [0.15, 0.2) is 5.78 Å². The molecule has 246 valence electrons. The van der Waals surface area contributed by atoms with Crippen LogP contribution in [-0.4, -0.2) is 91.7 Å². The van der Waals surface area contributed by atoms with Gasteiger partial charge in [0.05, 0.1) is 43.9 Å². The highest BCUT2D eigenvalue weighted by molar-refractivity contribution is 5.90. The van der Waals surface area contributed by atoms with Crippen molar-refractivity contribution in [3.05, 3.63) is 0 Å². The standard InChI is InChI=1S/C31H60N4O7/c1-10-30(7,8)34-14-15-40-16-17-41-21-24(36)31(9,11-2)35-22(26(32)39)20-33-27-23(42-27)18-28(3,4)12-13-29(5,6)19-25(37)38/h22-23,27,33-35H,10-21H2,1-9H3,(H2,32,39)(H,37,38)/t22-,23?,27?,31?/m1/s1. The minimum Gasteiger partial charge on any atom is -0.481 e. The molecule has 42 heavy (non-hydrogen) atoms. The third-order valence-corrected chi connectivity index (χ3v) is 8.47. The average Bonchev–Trinajstić information content (AvgIpc) is 3.62. The van der Waals surface area contributed by atoms with Crippen LogP contribution < -0.4 is 21.7 Å². The molecule has 0 aliphatic carbocycles. The molecule has 1 heterocycles.